The van der Waals surface area contributed by atoms with Crippen LogP contribution in [0.4, 0.5) is 4.79 Å². The summed E-state index contributed by atoms with van der Waals surface area (Å²) in [6.45, 7) is 4.37. The minimum atomic E-state index is -0.358. The van der Waals surface area contributed by atoms with Crippen LogP contribution in [0.5, 0.6) is 0 Å². The number of hydrogen-bond donors (Lipinski definition) is 2. The molecular weight excluding hydrogens is 210 g/mol. The molecule has 0 heterocycles. The molecular formula is C11H23NO4. The maximum atomic E-state index is 11.0. The lowest BCUT2D eigenvalue weighted by molar-refractivity contribution is 0.0917. The number of hydrogen-bond acceptors (Lipinski definition) is 4. The van der Waals surface area contributed by atoms with E-state index in [9.17, 15) is 4.79 Å². The molecule has 0 aliphatic heterocycles. The largest absolute Gasteiger partial charge is 0.449 e. The number of alkyl carbamates (subject to hydrolysis) is 1. The van der Waals surface area contributed by atoms with Crippen molar-refractivity contribution in [1.29, 1.82) is 0 Å². The number of aliphatic hydroxyl groups is 1. The minimum absolute atomic E-state index is 0.149. The molecule has 0 aromatic rings. The Balaban J connectivity index is 3.09. The van der Waals surface area contributed by atoms with Crippen LogP contribution in [0.15, 0.2) is 0 Å². The van der Waals surface area contributed by atoms with Gasteiger partial charge in [-0.2, -0.15) is 0 Å². The summed E-state index contributed by atoms with van der Waals surface area (Å²) in [5.41, 5.74) is 0. The molecule has 0 spiro atoms. The summed E-state index contributed by atoms with van der Waals surface area (Å²) < 4.78 is 10.1. The molecule has 0 fully saturated rings. The van der Waals surface area contributed by atoms with Crippen LogP contribution in [-0.2, 0) is 9.47 Å². The molecule has 0 atom stereocenters. The molecule has 0 bridgehead atoms. The summed E-state index contributed by atoms with van der Waals surface area (Å²) in [5.74, 6) is 0. The first-order valence-electron chi connectivity index (χ1n) is 5.90. The summed E-state index contributed by atoms with van der Waals surface area (Å²) in [5, 5.41) is 11.1. The summed E-state index contributed by atoms with van der Waals surface area (Å²) in [6, 6.07) is 0. The lowest BCUT2D eigenvalue weighted by Gasteiger charge is -2.06. The van der Waals surface area contributed by atoms with Crippen molar-refractivity contribution in [2.75, 3.05) is 33.0 Å². The Hall–Kier alpha value is -0.810. The van der Waals surface area contributed by atoms with Crippen LogP contribution in [0.2, 0.25) is 0 Å². The first kappa shape index (κ1) is 15.2. The van der Waals surface area contributed by atoms with E-state index < -0.39 is 0 Å². The summed E-state index contributed by atoms with van der Waals surface area (Å²) in [6.07, 6.45) is 3.01. The van der Waals surface area contributed by atoms with E-state index in [1.54, 1.807) is 0 Å². The molecule has 2 N–H and O–H groups in total. The van der Waals surface area contributed by atoms with Gasteiger partial charge in [0.05, 0.1) is 6.61 Å². The van der Waals surface area contributed by atoms with Crippen LogP contribution >= 0.6 is 0 Å². The van der Waals surface area contributed by atoms with Crippen molar-refractivity contribution in [1.82, 2.24) is 5.32 Å². The van der Waals surface area contributed by atoms with Crippen molar-refractivity contribution in [2.24, 2.45) is 0 Å². The predicted molar refractivity (Wildman–Crippen MR) is 61.4 cm³/mol. The van der Waals surface area contributed by atoms with Gasteiger partial charge in [0.15, 0.2) is 0 Å². The van der Waals surface area contributed by atoms with E-state index in [0.29, 0.717) is 39.2 Å². The standard InChI is InChI=1S/C11H23NO4/c1-2-3-6-12-11(14)16-10-5-9-15-8-4-7-13/h13H,2-10H2,1H3,(H,12,14). The fraction of sp³-hybridized carbons (Fsp3) is 0.909. The molecule has 0 unspecified atom stereocenters. The smallest absolute Gasteiger partial charge is 0.407 e. The van der Waals surface area contributed by atoms with E-state index in [4.69, 9.17) is 14.6 Å². The van der Waals surface area contributed by atoms with E-state index in [-0.39, 0.29) is 12.7 Å². The Bertz CT molecular complexity index is 164. The number of unbranched alkanes of at least 4 members (excludes halogenated alkanes) is 1. The van der Waals surface area contributed by atoms with Crippen molar-refractivity contribution in [2.45, 2.75) is 32.6 Å². The van der Waals surface area contributed by atoms with E-state index in [1.165, 1.54) is 0 Å². The number of nitrogens with one attached hydrogen (secondary N) is 1. The predicted octanol–water partition coefficient (Wildman–Crippen LogP) is 1.30. The fourth-order valence-electron chi connectivity index (χ4n) is 1.01. The Kier molecular flexibility index (Phi) is 11.6. The van der Waals surface area contributed by atoms with Crippen LogP contribution in [-0.4, -0.2) is 44.2 Å². The number of rotatable bonds is 10. The van der Waals surface area contributed by atoms with E-state index in [1.807, 2.05) is 0 Å². The zero-order valence-electron chi connectivity index (χ0n) is 10.0. The fourth-order valence-corrected chi connectivity index (χ4v) is 1.01. The SMILES string of the molecule is CCCCNC(=O)OCCCOCCCO. The highest BCUT2D eigenvalue weighted by atomic mass is 16.5. The Morgan fingerprint density at radius 2 is 1.94 bits per heavy atom. The van der Waals surface area contributed by atoms with Crippen LogP contribution in [0.1, 0.15) is 32.6 Å². The van der Waals surface area contributed by atoms with Gasteiger partial charge in [-0.3, -0.25) is 0 Å². The molecule has 96 valence electrons. The van der Waals surface area contributed by atoms with Crippen molar-refractivity contribution in [3.05, 3.63) is 0 Å². The maximum absolute atomic E-state index is 11.0. The van der Waals surface area contributed by atoms with Crippen molar-refractivity contribution >= 4 is 6.09 Å². The Labute approximate surface area is 97.1 Å². The Morgan fingerprint density at radius 1 is 1.19 bits per heavy atom. The third-order valence-corrected chi connectivity index (χ3v) is 1.91. The summed E-state index contributed by atoms with van der Waals surface area (Å²) >= 11 is 0. The molecule has 5 heteroatoms. The topological polar surface area (TPSA) is 67.8 Å². The van der Waals surface area contributed by atoms with Crippen LogP contribution in [0, 0.1) is 0 Å². The minimum Gasteiger partial charge on any atom is -0.449 e. The maximum Gasteiger partial charge on any atom is 0.407 e. The molecule has 1 amide bonds. The second-order valence-electron chi connectivity index (χ2n) is 3.46. The number of amides is 1. The normalized spacial score (nSPS) is 10.1. The number of ether oxygens (including phenoxy) is 2. The molecule has 0 aliphatic carbocycles. The van der Waals surface area contributed by atoms with Crippen LogP contribution in [0.3, 0.4) is 0 Å². The van der Waals surface area contributed by atoms with Gasteiger partial charge in [-0.1, -0.05) is 13.3 Å². The quantitative estimate of drug-likeness (QED) is 0.558. The Morgan fingerprint density at radius 3 is 2.62 bits per heavy atom. The zero-order valence-corrected chi connectivity index (χ0v) is 10.0. The van der Waals surface area contributed by atoms with Gasteiger partial charge in [-0.15, -0.1) is 0 Å². The van der Waals surface area contributed by atoms with Gasteiger partial charge in [0.1, 0.15) is 0 Å². The van der Waals surface area contributed by atoms with Gasteiger partial charge in [0, 0.05) is 32.8 Å². The average Bonchev–Trinajstić information content (AvgIpc) is 2.28. The molecule has 0 radical (unpaired) electrons. The van der Waals surface area contributed by atoms with Crippen molar-refractivity contribution in [3.63, 3.8) is 0 Å². The van der Waals surface area contributed by atoms with Gasteiger partial charge in [-0.25, -0.2) is 4.79 Å². The van der Waals surface area contributed by atoms with Gasteiger partial charge >= 0.3 is 6.09 Å². The van der Waals surface area contributed by atoms with Crippen LogP contribution in [0.25, 0.3) is 0 Å². The second-order valence-corrected chi connectivity index (χ2v) is 3.46. The molecule has 0 aromatic heterocycles. The summed E-state index contributed by atoms with van der Waals surface area (Å²) in [4.78, 5) is 11.0. The highest BCUT2D eigenvalue weighted by molar-refractivity contribution is 5.66. The number of carbonyl (C=O) groups excluding carboxylic acids is 1. The highest BCUT2D eigenvalue weighted by Crippen LogP contribution is 1.89. The van der Waals surface area contributed by atoms with Gasteiger partial charge in [0.2, 0.25) is 0 Å². The molecule has 0 rings (SSSR count). The summed E-state index contributed by atoms with van der Waals surface area (Å²) in [7, 11) is 0. The lowest BCUT2D eigenvalue weighted by atomic mass is 10.3. The van der Waals surface area contributed by atoms with E-state index in [0.717, 1.165) is 12.8 Å². The molecule has 0 aliphatic rings. The van der Waals surface area contributed by atoms with Gasteiger partial charge in [0.25, 0.3) is 0 Å². The van der Waals surface area contributed by atoms with E-state index in [2.05, 4.69) is 12.2 Å². The highest BCUT2D eigenvalue weighted by Gasteiger charge is 1.99. The molecule has 0 aromatic carbocycles. The van der Waals surface area contributed by atoms with E-state index >= 15 is 0 Å². The number of aliphatic hydroxyl groups excluding tert-OH is 1. The third kappa shape index (κ3) is 11.3. The monoisotopic (exact) mass is 233 g/mol. The first-order valence-corrected chi connectivity index (χ1v) is 5.90. The first-order chi connectivity index (χ1) is 7.81. The molecule has 16 heavy (non-hydrogen) atoms. The lowest BCUT2D eigenvalue weighted by Crippen LogP contribution is -2.25. The average molecular weight is 233 g/mol. The van der Waals surface area contributed by atoms with Gasteiger partial charge < -0.3 is 19.9 Å². The zero-order chi connectivity index (χ0) is 12.1. The number of carbonyl (C=O) groups is 1. The second kappa shape index (κ2) is 12.3. The van der Waals surface area contributed by atoms with Gasteiger partial charge in [-0.05, 0) is 12.8 Å². The van der Waals surface area contributed by atoms with Crippen molar-refractivity contribution in [3.8, 4) is 0 Å². The molecule has 0 saturated heterocycles. The molecule has 0 saturated carbocycles. The van der Waals surface area contributed by atoms with Crippen molar-refractivity contribution < 1.29 is 19.4 Å². The third-order valence-electron chi connectivity index (χ3n) is 1.91. The molecule has 5 nitrogen and oxygen atoms in total. The van der Waals surface area contributed by atoms with Crippen LogP contribution < -0.4 is 5.32 Å².